The van der Waals surface area contributed by atoms with Crippen LogP contribution in [0.15, 0.2) is 72.8 Å². The van der Waals surface area contributed by atoms with E-state index in [0.717, 1.165) is 0 Å². The Morgan fingerprint density at radius 2 is 1.22 bits per heavy atom. The Hall–Kier alpha value is -2.30. The highest BCUT2D eigenvalue weighted by atomic mass is 14.3. The molecule has 88 valence electrons. The Labute approximate surface area is 108 Å². The van der Waals surface area contributed by atoms with Gasteiger partial charge in [0.15, 0.2) is 0 Å². The van der Waals surface area contributed by atoms with Crippen LogP contribution in [0.5, 0.6) is 0 Å². The highest BCUT2D eigenvalue weighted by molar-refractivity contribution is 5.57. The summed E-state index contributed by atoms with van der Waals surface area (Å²) in [5.41, 5.74) is 2.20. The van der Waals surface area contributed by atoms with E-state index < -0.39 is 0 Å². The number of benzene rings is 2. The molecule has 0 aromatic heterocycles. The van der Waals surface area contributed by atoms with Gasteiger partial charge in [-0.05, 0) is 23.3 Å². The molecule has 2 aromatic rings. The molecule has 0 spiro atoms. The van der Waals surface area contributed by atoms with Crippen molar-refractivity contribution in [1.29, 1.82) is 0 Å². The first-order valence-electron chi connectivity index (χ1n) is 5.73. The lowest BCUT2D eigenvalue weighted by molar-refractivity contribution is 0.857. The van der Waals surface area contributed by atoms with E-state index in [4.69, 9.17) is 0 Å². The molecule has 1 aliphatic carbocycles. The number of hydrogen-bond donors (Lipinski definition) is 1. The first kappa shape index (κ1) is 12.2. The van der Waals surface area contributed by atoms with Crippen LogP contribution in [-0.4, -0.2) is 0 Å². The second-order valence-electron chi connectivity index (χ2n) is 4.14. The molecule has 0 aliphatic heterocycles. The Balaban J connectivity index is 0.00000120. The average Bonchev–Trinajstić information content (AvgIpc) is 2.91. The lowest BCUT2D eigenvalue weighted by atomic mass is 9.76. The monoisotopic (exact) mass is 233 g/mol. The van der Waals surface area contributed by atoms with Gasteiger partial charge in [0.1, 0.15) is 5.41 Å². The molecule has 0 saturated heterocycles. The van der Waals surface area contributed by atoms with Gasteiger partial charge in [-0.15, -0.1) is 0 Å². The van der Waals surface area contributed by atoms with E-state index in [0.29, 0.717) is 0 Å². The fourth-order valence-electron chi connectivity index (χ4n) is 2.27. The van der Waals surface area contributed by atoms with Crippen molar-refractivity contribution in [3.63, 3.8) is 0 Å². The van der Waals surface area contributed by atoms with Crippen LogP contribution >= 0.6 is 0 Å². The van der Waals surface area contributed by atoms with Gasteiger partial charge in [0.25, 0.3) is 0 Å². The largest absolute Gasteiger partial charge is 0.344 e. The van der Waals surface area contributed by atoms with Gasteiger partial charge >= 0.3 is 0 Å². The van der Waals surface area contributed by atoms with Crippen molar-refractivity contribution in [1.82, 2.24) is 6.15 Å². The predicted molar refractivity (Wildman–Crippen MR) is 75.6 cm³/mol. The summed E-state index contributed by atoms with van der Waals surface area (Å²) in [6, 6.07) is 20.9. The van der Waals surface area contributed by atoms with Crippen molar-refractivity contribution >= 4 is 0 Å². The highest BCUT2D eigenvalue weighted by Crippen LogP contribution is 2.34. The smallest absolute Gasteiger partial charge is 0.101 e. The zero-order valence-corrected chi connectivity index (χ0v) is 10.1. The summed E-state index contributed by atoms with van der Waals surface area (Å²) >= 11 is 0. The van der Waals surface area contributed by atoms with Crippen LogP contribution in [0.4, 0.5) is 0 Å². The molecule has 1 nitrogen and oxygen atoms in total. The van der Waals surface area contributed by atoms with Gasteiger partial charge in [-0.1, -0.05) is 72.5 Å². The number of allylic oxidation sites excluding steroid dienone is 2. The summed E-state index contributed by atoms with van der Waals surface area (Å²) in [6.07, 6.45) is 4.09. The average molecular weight is 233 g/mol. The fraction of sp³-hybridized carbons (Fsp3) is 0.0588. The van der Waals surface area contributed by atoms with E-state index in [-0.39, 0.29) is 11.6 Å². The molecule has 2 aromatic carbocycles. The van der Waals surface area contributed by atoms with Gasteiger partial charge in [0, 0.05) is 0 Å². The van der Waals surface area contributed by atoms with E-state index in [1.165, 1.54) is 11.1 Å². The first-order chi connectivity index (χ1) is 8.42. The van der Waals surface area contributed by atoms with Gasteiger partial charge in [0.2, 0.25) is 0 Å². The molecule has 0 unspecified atom stereocenters. The maximum Gasteiger partial charge on any atom is 0.101 e. The minimum absolute atomic E-state index is 0. The summed E-state index contributed by atoms with van der Waals surface area (Å²) < 4.78 is 0. The van der Waals surface area contributed by atoms with Crippen LogP contribution in [-0.2, 0) is 5.41 Å². The fourth-order valence-corrected chi connectivity index (χ4v) is 2.27. The highest BCUT2D eigenvalue weighted by Gasteiger charge is 2.30. The molecule has 1 heteroatoms. The molecule has 18 heavy (non-hydrogen) atoms. The second-order valence-corrected chi connectivity index (χ2v) is 4.14. The van der Waals surface area contributed by atoms with Crippen LogP contribution in [0.25, 0.3) is 0 Å². The lowest BCUT2D eigenvalue weighted by Crippen LogP contribution is -2.21. The normalized spacial score (nSPS) is 14.4. The number of hydrogen-bond acceptors (Lipinski definition) is 1. The van der Waals surface area contributed by atoms with Crippen LogP contribution in [0.2, 0.25) is 0 Å². The molecule has 0 radical (unpaired) electrons. The lowest BCUT2D eigenvalue weighted by Gasteiger charge is -2.24. The topological polar surface area (TPSA) is 35.0 Å². The van der Waals surface area contributed by atoms with Gasteiger partial charge < -0.3 is 6.15 Å². The zero-order valence-electron chi connectivity index (χ0n) is 10.1. The number of rotatable bonds is 2. The minimum Gasteiger partial charge on any atom is -0.344 e. The third-order valence-electron chi connectivity index (χ3n) is 3.14. The molecule has 3 N–H and O–H groups in total. The molecule has 3 rings (SSSR count). The van der Waals surface area contributed by atoms with Crippen LogP contribution in [0, 0.1) is 11.8 Å². The second kappa shape index (κ2) is 4.91. The van der Waals surface area contributed by atoms with Crippen molar-refractivity contribution in [2.45, 2.75) is 5.41 Å². The first-order valence-corrected chi connectivity index (χ1v) is 5.73. The van der Waals surface area contributed by atoms with E-state index in [1.54, 1.807) is 0 Å². The van der Waals surface area contributed by atoms with E-state index in [9.17, 15) is 0 Å². The summed E-state index contributed by atoms with van der Waals surface area (Å²) in [6.45, 7) is 0. The molecule has 0 saturated carbocycles. The molecule has 0 fully saturated rings. The Morgan fingerprint density at radius 3 is 1.61 bits per heavy atom. The standard InChI is InChI=1S/C17H12.H3N/c1-3-9-15(10-4-1)17(13-7-8-14-17)16-11-5-2-6-12-16;/h1-7,9-13H;1H3. The Kier molecular flexibility index (Phi) is 3.32. The molecular weight excluding hydrogens is 218 g/mol. The van der Waals surface area contributed by atoms with Gasteiger partial charge in [-0.2, -0.15) is 0 Å². The predicted octanol–water partition coefficient (Wildman–Crippen LogP) is 3.71. The Morgan fingerprint density at radius 1 is 0.722 bits per heavy atom. The quantitative estimate of drug-likeness (QED) is 0.788. The third kappa shape index (κ3) is 1.84. The van der Waals surface area contributed by atoms with E-state index in [1.807, 2.05) is 18.2 Å². The molecular formula is C17H15N. The molecule has 0 heterocycles. The summed E-state index contributed by atoms with van der Waals surface area (Å²) in [5, 5.41) is 0. The maximum atomic E-state index is 3.34. The van der Waals surface area contributed by atoms with Crippen LogP contribution in [0.1, 0.15) is 11.1 Å². The molecule has 1 aliphatic rings. The SMILES string of the molecule is C1#CC(c2ccccc2)(c2ccccc2)C=C1.N. The van der Waals surface area contributed by atoms with Gasteiger partial charge in [-0.25, -0.2) is 0 Å². The summed E-state index contributed by atoms with van der Waals surface area (Å²) in [4.78, 5) is 0. The van der Waals surface area contributed by atoms with Crippen molar-refractivity contribution in [2.24, 2.45) is 0 Å². The molecule has 0 bridgehead atoms. The van der Waals surface area contributed by atoms with E-state index in [2.05, 4.69) is 66.4 Å². The van der Waals surface area contributed by atoms with Crippen molar-refractivity contribution in [3.8, 4) is 11.8 Å². The third-order valence-corrected chi connectivity index (χ3v) is 3.14. The molecule has 0 amide bonds. The maximum absolute atomic E-state index is 3.34. The van der Waals surface area contributed by atoms with Crippen molar-refractivity contribution in [3.05, 3.63) is 83.9 Å². The zero-order chi connectivity index (χ0) is 11.6. The van der Waals surface area contributed by atoms with Gasteiger partial charge in [-0.3, -0.25) is 0 Å². The molecule has 0 atom stereocenters. The summed E-state index contributed by atoms with van der Waals surface area (Å²) in [7, 11) is 0. The van der Waals surface area contributed by atoms with Gasteiger partial charge in [0.05, 0.1) is 0 Å². The van der Waals surface area contributed by atoms with Crippen LogP contribution < -0.4 is 6.15 Å². The van der Waals surface area contributed by atoms with E-state index >= 15 is 0 Å². The summed E-state index contributed by atoms with van der Waals surface area (Å²) in [5.74, 6) is 6.42. The minimum atomic E-state index is -0.261. The van der Waals surface area contributed by atoms with Crippen molar-refractivity contribution < 1.29 is 0 Å². The van der Waals surface area contributed by atoms with Crippen molar-refractivity contribution in [2.75, 3.05) is 0 Å². The van der Waals surface area contributed by atoms with Crippen LogP contribution in [0.3, 0.4) is 0 Å². The Bertz CT molecular complexity index is 561.